The molecule has 0 aromatic rings. The van der Waals surface area contributed by atoms with Crippen LogP contribution in [0.25, 0.3) is 0 Å². The highest BCUT2D eigenvalue weighted by atomic mass is 16.5. The zero-order valence-corrected chi connectivity index (χ0v) is 9.32. The minimum Gasteiger partial charge on any atom is -0.461 e. The Bertz CT molecular complexity index is 184. The van der Waals surface area contributed by atoms with Gasteiger partial charge in [0.1, 0.15) is 12.6 Å². The Balaban J connectivity index is 3.42. The summed E-state index contributed by atoms with van der Waals surface area (Å²) < 4.78 is 10.2. The van der Waals surface area contributed by atoms with Crippen LogP contribution in [-0.4, -0.2) is 38.2 Å². The number of hydrogen-bond donors (Lipinski definition) is 1. The fraction of sp³-hybridized carbons (Fsp3) is 0.800. The molecule has 0 radical (unpaired) electrons. The van der Waals surface area contributed by atoms with E-state index in [9.17, 15) is 9.59 Å². The van der Waals surface area contributed by atoms with Crippen molar-refractivity contribution in [2.45, 2.75) is 32.8 Å². The number of esters is 1. The third kappa shape index (κ3) is 9.21. The largest absolute Gasteiger partial charge is 0.461 e. The van der Waals surface area contributed by atoms with Crippen molar-refractivity contribution >= 4 is 12.4 Å². The molecule has 0 spiro atoms. The van der Waals surface area contributed by atoms with E-state index in [-0.39, 0.29) is 12.6 Å². The molecular weight excluding hydrogens is 198 g/mol. The van der Waals surface area contributed by atoms with Crippen LogP contribution in [0.3, 0.4) is 0 Å². The highest BCUT2D eigenvalue weighted by Gasteiger charge is 2.08. The van der Waals surface area contributed by atoms with E-state index in [1.54, 1.807) is 6.92 Å². The summed E-state index contributed by atoms with van der Waals surface area (Å²) in [4.78, 5) is 20.9. The van der Waals surface area contributed by atoms with E-state index >= 15 is 0 Å². The Morgan fingerprint density at radius 1 is 1.47 bits per heavy atom. The molecule has 1 N–H and O–H groups in total. The molecule has 1 unspecified atom stereocenters. The number of ether oxygens (including phenoxy) is 2. The smallest absolute Gasteiger partial charge is 0.325 e. The lowest BCUT2D eigenvalue weighted by Crippen LogP contribution is -2.27. The molecule has 88 valence electrons. The van der Waals surface area contributed by atoms with Crippen LogP contribution in [-0.2, 0) is 19.1 Å². The van der Waals surface area contributed by atoms with Gasteiger partial charge in [0.2, 0.25) is 6.41 Å². The summed E-state index contributed by atoms with van der Waals surface area (Å²) in [6.45, 7) is 5.07. The van der Waals surface area contributed by atoms with E-state index in [2.05, 4.69) is 5.32 Å². The lowest BCUT2D eigenvalue weighted by molar-refractivity contribution is -0.148. The fourth-order valence-electron chi connectivity index (χ4n) is 0.946. The first-order valence-electron chi connectivity index (χ1n) is 5.15. The van der Waals surface area contributed by atoms with Crippen molar-refractivity contribution in [2.24, 2.45) is 0 Å². The van der Waals surface area contributed by atoms with Crippen LogP contribution >= 0.6 is 0 Å². The number of amides is 1. The molecule has 0 aliphatic heterocycles. The molecule has 0 saturated heterocycles. The summed E-state index contributed by atoms with van der Waals surface area (Å²) in [6, 6.07) is 0. The van der Waals surface area contributed by atoms with Gasteiger partial charge in [-0.1, -0.05) is 6.92 Å². The van der Waals surface area contributed by atoms with Crippen LogP contribution in [0, 0.1) is 0 Å². The van der Waals surface area contributed by atoms with Gasteiger partial charge in [-0.05, 0) is 13.3 Å². The number of rotatable bonds is 9. The second-order valence-corrected chi connectivity index (χ2v) is 3.20. The minimum atomic E-state index is -0.426. The molecule has 0 saturated carbocycles. The average molecular weight is 217 g/mol. The molecule has 1 atom stereocenters. The Morgan fingerprint density at radius 2 is 2.20 bits per heavy atom. The maximum absolute atomic E-state index is 11.0. The Morgan fingerprint density at radius 3 is 2.80 bits per heavy atom. The molecule has 0 aromatic carbocycles. The second-order valence-electron chi connectivity index (χ2n) is 3.20. The topological polar surface area (TPSA) is 64.6 Å². The molecule has 0 bridgehead atoms. The summed E-state index contributed by atoms with van der Waals surface area (Å²) in [5, 5.41) is 2.24. The maximum atomic E-state index is 11.0. The number of carbonyl (C=O) groups excluding carboxylic acids is 2. The van der Waals surface area contributed by atoms with Gasteiger partial charge in [0.05, 0.1) is 6.61 Å². The van der Waals surface area contributed by atoms with Crippen LogP contribution in [0.15, 0.2) is 0 Å². The molecule has 0 rings (SSSR count). The van der Waals surface area contributed by atoms with Crippen molar-refractivity contribution in [1.29, 1.82) is 0 Å². The molecule has 0 aromatic heterocycles. The lowest BCUT2D eigenvalue weighted by atomic mass is 10.3. The summed E-state index contributed by atoms with van der Waals surface area (Å²) in [7, 11) is 0. The first-order chi connectivity index (χ1) is 7.20. The second kappa shape index (κ2) is 9.45. The van der Waals surface area contributed by atoms with Crippen molar-refractivity contribution in [3.05, 3.63) is 0 Å². The van der Waals surface area contributed by atoms with Crippen LogP contribution in [0.1, 0.15) is 26.7 Å². The normalized spacial score (nSPS) is 11.9. The lowest BCUT2D eigenvalue weighted by Gasteiger charge is -2.12. The van der Waals surface area contributed by atoms with Crippen molar-refractivity contribution in [3.8, 4) is 0 Å². The number of carbonyl (C=O) groups is 2. The van der Waals surface area contributed by atoms with Gasteiger partial charge in [-0.2, -0.15) is 0 Å². The summed E-state index contributed by atoms with van der Waals surface area (Å²) in [5.74, 6) is -0.426. The third-order valence-corrected chi connectivity index (χ3v) is 1.68. The average Bonchev–Trinajstić information content (AvgIpc) is 2.21. The van der Waals surface area contributed by atoms with Gasteiger partial charge in [0, 0.05) is 13.0 Å². The SMILES string of the molecule is CCCOCCC(C)OC(=O)CNC=O. The predicted molar refractivity (Wildman–Crippen MR) is 55.3 cm³/mol. The predicted octanol–water partition coefficient (Wildman–Crippen LogP) is 0.481. The highest BCUT2D eigenvalue weighted by Crippen LogP contribution is 1.98. The van der Waals surface area contributed by atoms with Crippen LogP contribution in [0.4, 0.5) is 0 Å². The van der Waals surface area contributed by atoms with E-state index in [0.717, 1.165) is 13.0 Å². The fourth-order valence-corrected chi connectivity index (χ4v) is 0.946. The van der Waals surface area contributed by atoms with Gasteiger partial charge >= 0.3 is 5.97 Å². The van der Waals surface area contributed by atoms with Crippen LogP contribution in [0.5, 0.6) is 0 Å². The summed E-state index contributed by atoms with van der Waals surface area (Å²) in [6.07, 6.45) is 1.95. The van der Waals surface area contributed by atoms with Gasteiger partial charge < -0.3 is 14.8 Å². The van der Waals surface area contributed by atoms with Crippen LogP contribution in [0.2, 0.25) is 0 Å². The zero-order valence-electron chi connectivity index (χ0n) is 9.32. The van der Waals surface area contributed by atoms with Gasteiger partial charge in [0.15, 0.2) is 0 Å². The van der Waals surface area contributed by atoms with Crippen molar-refractivity contribution in [3.63, 3.8) is 0 Å². The monoisotopic (exact) mass is 217 g/mol. The molecule has 1 amide bonds. The van der Waals surface area contributed by atoms with Crippen molar-refractivity contribution in [1.82, 2.24) is 5.32 Å². The first kappa shape index (κ1) is 13.9. The quantitative estimate of drug-likeness (QED) is 0.346. The standard InChI is InChI=1S/C10H19NO4/c1-3-5-14-6-4-9(2)15-10(13)7-11-8-12/h8-9H,3-7H2,1-2H3,(H,11,12). The van der Waals surface area contributed by atoms with E-state index in [1.165, 1.54) is 0 Å². The van der Waals surface area contributed by atoms with E-state index in [0.29, 0.717) is 19.4 Å². The molecular formula is C10H19NO4. The Kier molecular flexibility index (Phi) is 8.76. The van der Waals surface area contributed by atoms with Gasteiger partial charge in [-0.3, -0.25) is 9.59 Å². The molecule has 5 nitrogen and oxygen atoms in total. The Hall–Kier alpha value is -1.10. The van der Waals surface area contributed by atoms with Gasteiger partial charge in [0.25, 0.3) is 0 Å². The number of nitrogens with one attached hydrogen (secondary N) is 1. The molecule has 5 heteroatoms. The third-order valence-electron chi connectivity index (χ3n) is 1.68. The van der Waals surface area contributed by atoms with Gasteiger partial charge in [-0.25, -0.2) is 0 Å². The molecule has 0 fully saturated rings. The van der Waals surface area contributed by atoms with Gasteiger partial charge in [-0.15, -0.1) is 0 Å². The highest BCUT2D eigenvalue weighted by molar-refractivity contribution is 5.74. The maximum Gasteiger partial charge on any atom is 0.325 e. The van der Waals surface area contributed by atoms with E-state index in [4.69, 9.17) is 9.47 Å². The Labute approximate surface area is 90.1 Å². The first-order valence-corrected chi connectivity index (χ1v) is 5.15. The molecule has 0 aliphatic carbocycles. The van der Waals surface area contributed by atoms with Crippen molar-refractivity contribution in [2.75, 3.05) is 19.8 Å². The summed E-state index contributed by atoms with van der Waals surface area (Å²) >= 11 is 0. The molecule has 15 heavy (non-hydrogen) atoms. The summed E-state index contributed by atoms with van der Waals surface area (Å²) in [5.41, 5.74) is 0. The minimum absolute atomic E-state index is 0.0797. The number of hydrogen-bond acceptors (Lipinski definition) is 4. The molecule has 0 aliphatic rings. The zero-order chi connectivity index (χ0) is 11.5. The molecule has 0 heterocycles. The van der Waals surface area contributed by atoms with Crippen molar-refractivity contribution < 1.29 is 19.1 Å². The van der Waals surface area contributed by atoms with Crippen LogP contribution < -0.4 is 5.32 Å². The van der Waals surface area contributed by atoms with E-state index < -0.39 is 5.97 Å². The van der Waals surface area contributed by atoms with E-state index in [1.807, 2.05) is 6.92 Å².